The van der Waals surface area contributed by atoms with E-state index < -0.39 is 0 Å². The number of benzene rings is 1. The molecule has 1 heterocycles. The predicted octanol–water partition coefficient (Wildman–Crippen LogP) is 0.920. The molecule has 5 nitrogen and oxygen atoms in total. The first kappa shape index (κ1) is 12.3. The lowest BCUT2D eigenvalue weighted by Crippen LogP contribution is -2.41. The molecule has 100 valence electrons. The number of aryl methyl sites for hydroxylation is 2. The summed E-state index contributed by atoms with van der Waals surface area (Å²) in [6, 6.07) is 8.84. The van der Waals surface area contributed by atoms with Crippen LogP contribution in [0.4, 0.5) is 0 Å². The van der Waals surface area contributed by atoms with Crippen LogP contribution in [-0.4, -0.2) is 20.8 Å². The van der Waals surface area contributed by atoms with Crippen LogP contribution < -0.4 is 11.3 Å². The van der Waals surface area contributed by atoms with Crippen LogP contribution >= 0.6 is 0 Å². The van der Waals surface area contributed by atoms with Gasteiger partial charge in [0.25, 0.3) is 0 Å². The molecule has 0 radical (unpaired) electrons. The minimum atomic E-state index is 0.201. The monoisotopic (exact) mass is 257 g/mol. The summed E-state index contributed by atoms with van der Waals surface area (Å²) >= 11 is 0. The van der Waals surface area contributed by atoms with Crippen LogP contribution in [0.3, 0.4) is 0 Å². The molecular weight excluding hydrogens is 238 g/mol. The van der Waals surface area contributed by atoms with Gasteiger partial charge in [-0.3, -0.25) is 16.0 Å². The molecule has 2 atom stereocenters. The Labute approximate surface area is 112 Å². The summed E-state index contributed by atoms with van der Waals surface area (Å²) in [7, 11) is 1.92. The highest BCUT2D eigenvalue weighted by atomic mass is 15.3. The first-order valence-electron chi connectivity index (χ1n) is 6.66. The molecule has 0 fully saturated rings. The van der Waals surface area contributed by atoms with Crippen LogP contribution in [0.15, 0.2) is 30.6 Å². The Bertz CT molecular complexity index is 562. The van der Waals surface area contributed by atoms with E-state index in [0.717, 1.165) is 25.1 Å². The van der Waals surface area contributed by atoms with Gasteiger partial charge in [0.1, 0.15) is 12.2 Å². The van der Waals surface area contributed by atoms with Gasteiger partial charge in [-0.1, -0.05) is 24.3 Å². The molecule has 2 aromatic rings. The van der Waals surface area contributed by atoms with E-state index in [2.05, 4.69) is 39.8 Å². The molecule has 0 spiro atoms. The van der Waals surface area contributed by atoms with Crippen molar-refractivity contribution in [2.24, 2.45) is 12.9 Å². The van der Waals surface area contributed by atoms with E-state index in [4.69, 9.17) is 5.84 Å². The maximum atomic E-state index is 5.77. The first-order chi connectivity index (χ1) is 9.29. The van der Waals surface area contributed by atoms with Gasteiger partial charge in [-0.2, -0.15) is 5.10 Å². The fourth-order valence-electron chi connectivity index (χ4n) is 3.03. The summed E-state index contributed by atoms with van der Waals surface area (Å²) < 4.78 is 1.81. The second-order valence-corrected chi connectivity index (χ2v) is 5.12. The molecule has 0 saturated carbocycles. The molecule has 3 N–H and O–H groups in total. The molecule has 1 aliphatic carbocycles. The summed E-state index contributed by atoms with van der Waals surface area (Å²) in [5.41, 5.74) is 5.84. The fraction of sp³-hybridized carbons (Fsp3) is 0.429. The van der Waals surface area contributed by atoms with Crippen molar-refractivity contribution in [3.63, 3.8) is 0 Å². The third-order valence-corrected chi connectivity index (χ3v) is 4.09. The Kier molecular flexibility index (Phi) is 3.31. The molecule has 1 aromatic carbocycles. The molecule has 19 heavy (non-hydrogen) atoms. The Morgan fingerprint density at radius 3 is 3.05 bits per heavy atom. The standard InChI is InChI=1S/C14H19N5/c1-19-14(16-9-17-19)8-13(18-15)12-7-6-10-4-2-3-5-11(10)12/h2-5,9,12-13,18H,6-8,15H2,1H3. The second kappa shape index (κ2) is 5.11. The van der Waals surface area contributed by atoms with E-state index in [1.807, 2.05) is 11.7 Å². The highest BCUT2D eigenvalue weighted by Crippen LogP contribution is 2.35. The summed E-state index contributed by atoms with van der Waals surface area (Å²) in [5.74, 6) is 7.19. The fourth-order valence-corrected chi connectivity index (χ4v) is 3.03. The van der Waals surface area contributed by atoms with Gasteiger partial charge in [-0.25, -0.2) is 4.98 Å². The molecule has 0 bridgehead atoms. The molecule has 0 amide bonds. The van der Waals surface area contributed by atoms with Crippen molar-refractivity contribution in [3.8, 4) is 0 Å². The third-order valence-electron chi connectivity index (χ3n) is 4.09. The van der Waals surface area contributed by atoms with Crippen molar-refractivity contribution in [2.45, 2.75) is 31.2 Å². The van der Waals surface area contributed by atoms with E-state index >= 15 is 0 Å². The number of hydrogen-bond donors (Lipinski definition) is 2. The number of nitrogens with two attached hydrogens (primary N) is 1. The summed E-state index contributed by atoms with van der Waals surface area (Å²) in [6.45, 7) is 0. The lowest BCUT2D eigenvalue weighted by molar-refractivity contribution is 0.421. The number of nitrogens with one attached hydrogen (secondary N) is 1. The van der Waals surface area contributed by atoms with Gasteiger partial charge in [0, 0.05) is 25.4 Å². The number of nitrogens with zero attached hydrogens (tertiary/aromatic N) is 3. The van der Waals surface area contributed by atoms with Gasteiger partial charge in [0.05, 0.1) is 0 Å². The minimum absolute atomic E-state index is 0.201. The molecule has 3 rings (SSSR count). The SMILES string of the molecule is Cn1ncnc1CC(NN)C1CCc2ccccc21. The number of rotatable bonds is 4. The molecular formula is C14H19N5. The van der Waals surface area contributed by atoms with Crippen molar-refractivity contribution >= 4 is 0 Å². The Hall–Kier alpha value is -1.72. The summed E-state index contributed by atoms with van der Waals surface area (Å²) in [4.78, 5) is 4.29. The van der Waals surface area contributed by atoms with Crippen molar-refractivity contribution < 1.29 is 0 Å². The highest BCUT2D eigenvalue weighted by Gasteiger charge is 2.29. The van der Waals surface area contributed by atoms with Crippen LogP contribution in [0, 0.1) is 0 Å². The summed E-state index contributed by atoms with van der Waals surface area (Å²) in [5, 5.41) is 4.11. The average Bonchev–Trinajstić information content (AvgIpc) is 3.03. The summed E-state index contributed by atoms with van der Waals surface area (Å²) in [6.07, 6.45) is 4.67. The van der Waals surface area contributed by atoms with Gasteiger partial charge in [-0.15, -0.1) is 0 Å². The molecule has 0 aliphatic heterocycles. The molecule has 1 aliphatic rings. The van der Waals surface area contributed by atoms with Crippen molar-refractivity contribution in [3.05, 3.63) is 47.5 Å². The van der Waals surface area contributed by atoms with E-state index in [-0.39, 0.29) is 6.04 Å². The number of fused-ring (bicyclic) bond motifs is 1. The largest absolute Gasteiger partial charge is 0.271 e. The van der Waals surface area contributed by atoms with Crippen molar-refractivity contribution in [1.29, 1.82) is 0 Å². The van der Waals surface area contributed by atoms with Crippen molar-refractivity contribution in [1.82, 2.24) is 20.2 Å². The van der Waals surface area contributed by atoms with Crippen LogP contribution in [-0.2, 0) is 19.9 Å². The van der Waals surface area contributed by atoms with Crippen LogP contribution in [0.5, 0.6) is 0 Å². The Morgan fingerprint density at radius 1 is 1.47 bits per heavy atom. The Morgan fingerprint density at radius 2 is 2.32 bits per heavy atom. The van der Waals surface area contributed by atoms with Crippen LogP contribution in [0.2, 0.25) is 0 Å². The zero-order valence-corrected chi connectivity index (χ0v) is 11.1. The zero-order valence-electron chi connectivity index (χ0n) is 11.1. The van der Waals surface area contributed by atoms with Gasteiger partial charge >= 0.3 is 0 Å². The van der Waals surface area contributed by atoms with Crippen LogP contribution in [0.1, 0.15) is 29.3 Å². The Balaban J connectivity index is 1.82. The van der Waals surface area contributed by atoms with E-state index in [1.54, 1.807) is 6.33 Å². The van der Waals surface area contributed by atoms with Gasteiger partial charge < -0.3 is 0 Å². The molecule has 0 saturated heterocycles. The van der Waals surface area contributed by atoms with E-state index in [9.17, 15) is 0 Å². The molecule has 2 unspecified atom stereocenters. The molecule has 5 heteroatoms. The topological polar surface area (TPSA) is 68.8 Å². The van der Waals surface area contributed by atoms with Gasteiger partial charge in [0.15, 0.2) is 0 Å². The van der Waals surface area contributed by atoms with Gasteiger partial charge in [0.2, 0.25) is 0 Å². The number of hydrazine groups is 1. The normalized spacial score (nSPS) is 19.4. The van der Waals surface area contributed by atoms with Crippen molar-refractivity contribution in [2.75, 3.05) is 0 Å². The lowest BCUT2D eigenvalue weighted by atomic mass is 9.91. The maximum Gasteiger partial charge on any atom is 0.138 e. The minimum Gasteiger partial charge on any atom is -0.271 e. The number of aromatic nitrogens is 3. The first-order valence-corrected chi connectivity index (χ1v) is 6.66. The molecule has 1 aromatic heterocycles. The number of hydrogen-bond acceptors (Lipinski definition) is 4. The quantitative estimate of drug-likeness (QED) is 0.631. The average molecular weight is 257 g/mol. The maximum absolute atomic E-state index is 5.77. The van der Waals surface area contributed by atoms with E-state index in [0.29, 0.717) is 5.92 Å². The van der Waals surface area contributed by atoms with Gasteiger partial charge in [-0.05, 0) is 24.0 Å². The zero-order chi connectivity index (χ0) is 13.2. The highest BCUT2D eigenvalue weighted by molar-refractivity contribution is 5.36. The predicted molar refractivity (Wildman–Crippen MR) is 73.3 cm³/mol. The van der Waals surface area contributed by atoms with E-state index in [1.165, 1.54) is 11.1 Å². The second-order valence-electron chi connectivity index (χ2n) is 5.12. The third kappa shape index (κ3) is 2.27. The smallest absolute Gasteiger partial charge is 0.138 e. The van der Waals surface area contributed by atoms with Crippen LogP contribution in [0.25, 0.3) is 0 Å². The lowest BCUT2D eigenvalue weighted by Gasteiger charge is -2.23.